The van der Waals surface area contributed by atoms with E-state index >= 15 is 0 Å². The first-order valence-corrected chi connectivity index (χ1v) is 8.43. The second kappa shape index (κ2) is 5.95. The van der Waals surface area contributed by atoms with Gasteiger partial charge in [0.1, 0.15) is 0 Å². The number of likely N-dealkylation sites (tertiary alicyclic amines) is 1. The lowest BCUT2D eigenvalue weighted by atomic mass is 9.74. The molecule has 1 saturated heterocycles. The molecule has 112 valence electrons. The molecule has 2 N–H and O–H groups in total. The van der Waals surface area contributed by atoms with Crippen LogP contribution in [0.2, 0.25) is 5.02 Å². The monoisotopic (exact) mass is 321 g/mol. The Morgan fingerprint density at radius 3 is 2.76 bits per heavy atom. The molecule has 21 heavy (non-hydrogen) atoms. The van der Waals surface area contributed by atoms with E-state index in [0.29, 0.717) is 5.13 Å². The lowest BCUT2D eigenvalue weighted by Crippen LogP contribution is -2.40. The molecule has 1 aliphatic rings. The third-order valence-electron chi connectivity index (χ3n) is 4.43. The summed E-state index contributed by atoms with van der Waals surface area (Å²) in [5.41, 5.74) is 7.28. The first-order valence-electron chi connectivity index (χ1n) is 7.24. The number of aromatic nitrogens is 1. The number of nitrogen functional groups attached to an aromatic ring is 1. The van der Waals surface area contributed by atoms with E-state index in [2.05, 4.69) is 35.0 Å². The van der Waals surface area contributed by atoms with E-state index in [0.717, 1.165) is 37.5 Å². The lowest BCUT2D eigenvalue weighted by molar-refractivity contribution is 0.163. The van der Waals surface area contributed by atoms with E-state index in [4.69, 9.17) is 17.3 Å². The SMILES string of the molecule is CC1(c2cccc(Cl)c2)CCN(Cc2cnc(N)s2)CC1. The van der Waals surface area contributed by atoms with Gasteiger partial charge in [-0.3, -0.25) is 4.90 Å². The fraction of sp³-hybridized carbons (Fsp3) is 0.438. The molecule has 0 aliphatic carbocycles. The molecule has 0 spiro atoms. The zero-order valence-electron chi connectivity index (χ0n) is 12.2. The highest BCUT2D eigenvalue weighted by Gasteiger charge is 2.31. The molecule has 0 unspecified atom stereocenters. The third kappa shape index (κ3) is 3.39. The number of hydrogen-bond donors (Lipinski definition) is 1. The quantitative estimate of drug-likeness (QED) is 0.931. The van der Waals surface area contributed by atoms with Crippen LogP contribution in [0.5, 0.6) is 0 Å². The number of thiazole rings is 1. The van der Waals surface area contributed by atoms with E-state index in [1.165, 1.54) is 10.4 Å². The topological polar surface area (TPSA) is 42.2 Å². The normalized spacial score (nSPS) is 18.8. The van der Waals surface area contributed by atoms with Crippen LogP contribution in [0.4, 0.5) is 5.13 Å². The molecule has 5 heteroatoms. The molecule has 0 saturated carbocycles. The maximum atomic E-state index is 6.14. The minimum Gasteiger partial charge on any atom is -0.375 e. The molecule has 2 heterocycles. The summed E-state index contributed by atoms with van der Waals surface area (Å²) < 4.78 is 0. The van der Waals surface area contributed by atoms with E-state index in [9.17, 15) is 0 Å². The van der Waals surface area contributed by atoms with Crippen molar-refractivity contribution in [1.82, 2.24) is 9.88 Å². The van der Waals surface area contributed by atoms with Gasteiger partial charge in [-0.25, -0.2) is 4.98 Å². The summed E-state index contributed by atoms with van der Waals surface area (Å²) in [4.78, 5) is 7.86. The van der Waals surface area contributed by atoms with Gasteiger partial charge in [-0.15, -0.1) is 11.3 Å². The van der Waals surface area contributed by atoms with Crippen LogP contribution in [-0.2, 0) is 12.0 Å². The number of piperidine rings is 1. The van der Waals surface area contributed by atoms with Gasteiger partial charge in [-0.1, -0.05) is 30.7 Å². The van der Waals surface area contributed by atoms with Crippen molar-refractivity contribution in [3.05, 3.63) is 45.9 Å². The Balaban J connectivity index is 1.64. The highest BCUT2D eigenvalue weighted by atomic mass is 35.5. The molecule has 1 aliphatic heterocycles. The van der Waals surface area contributed by atoms with Crippen LogP contribution in [0.25, 0.3) is 0 Å². The average Bonchev–Trinajstić information content (AvgIpc) is 2.87. The molecule has 1 aromatic carbocycles. The maximum Gasteiger partial charge on any atom is 0.180 e. The molecule has 3 nitrogen and oxygen atoms in total. The van der Waals surface area contributed by atoms with E-state index in [1.807, 2.05) is 12.3 Å². The largest absolute Gasteiger partial charge is 0.375 e. The predicted octanol–water partition coefficient (Wildman–Crippen LogP) is 3.93. The van der Waals surface area contributed by atoms with Gasteiger partial charge in [0.15, 0.2) is 5.13 Å². The van der Waals surface area contributed by atoms with Crippen molar-refractivity contribution in [3.8, 4) is 0 Å². The molecule has 0 radical (unpaired) electrons. The molecule has 0 atom stereocenters. The Morgan fingerprint density at radius 2 is 2.14 bits per heavy atom. The van der Waals surface area contributed by atoms with Crippen molar-refractivity contribution in [2.45, 2.75) is 31.7 Å². The van der Waals surface area contributed by atoms with Gasteiger partial charge >= 0.3 is 0 Å². The summed E-state index contributed by atoms with van der Waals surface area (Å²) in [5, 5.41) is 1.49. The Morgan fingerprint density at radius 1 is 1.38 bits per heavy atom. The van der Waals surface area contributed by atoms with Crippen molar-refractivity contribution in [2.24, 2.45) is 0 Å². The number of rotatable bonds is 3. The standard InChI is InChI=1S/C16H20ClN3S/c1-16(12-3-2-4-13(17)9-12)5-7-20(8-6-16)11-14-10-19-15(18)21-14/h2-4,9-10H,5-8,11H2,1H3,(H2,18,19). The number of hydrogen-bond acceptors (Lipinski definition) is 4. The summed E-state index contributed by atoms with van der Waals surface area (Å²) in [6.45, 7) is 5.50. The van der Waals surface area contributed by atoms with Gasteiger partial charge in [0.25, 0.3) is 0 Å². The van der Waals surface area contributed by atoms with Crippen molar-refractivity contribution in [3.63, 3.8) is 0 Å². The molecule has 0 bridgehead atoms. The van der Waals surface area contributed by atoms with Crippen LogP contribution < -0.4 is 5.73 Å². The molecular weight excluding hydrogens is 302 g/mol. The average molecular weight is 322 g/mol. The molecule has 0 amide bonds. The highest BCUT2D eigenvalue weighted by Crippen LogP contribution is 2.36. The zero-order valence-corrected chi connectivity index (χ0v) is 13.8. The van der Waals surface area contributed by atoms with Gasteiger partial charge < -0.3 is 5.73 Å². The van der Waals surface area contributed by atoms with E-state index in [1.54, 1.807) is 11.3 Å². The summed E-state index contributed by atoms with van der Waals surface area (Å²) in [5.74, 6) is 0. The summed E-state index contributed by atoms with van der Waals surface area (Å²) >= 11 is 7.72. The fourth-order valence-corrected chi connectivity index (χ4v) is 3.89. The first kappa shape index (κ1) is 14.8. The molecule has 2 aromatic rings. The molecule has 1 fully saturated rings. The van der Waals surface area contributed by atoms with Gasteiger partial charge in [-0.05, 0) is 49.0 Å². The van der Waals surface area contributed by atoms with E-state index in [-0.39, 0.29) is 5.41 Å². The molecular formula is C16H20ClN3S. The third-order valence-corrected chi connectivity index (χ3v) is 5.48. The fourth-order valence-electron chi connectivity index (χ4n) is 2.97. The van der Waals surface area contributed by atoms with Crippen LogP contribution >= 0.6 is 22.9 Å². The summed E-state index contributed by atoms with van der Waals surface area (Å²) in [6, 6.07) is 8.31. The Bertz CT molecular complexity index is 617. The predicted molar refractivity (Wildman–Crippen MR) is 89.8 cm³/mol. The molecule has 1 aromatic heterocycles. The Kier molecular flexibility index (Phi) is 4.20. The zero-order chi connectivity index (χ0) is 14.9. The van der Waals surface area contributed by atoms with Crippen LogP contribution in [0.3, 0.4) is 0 Å². The van der Waals surface area contributed by atoms with E-state index < -0.39 is 0 Å². The van der Waals surface area contributed by atoms with Crippen molar-refractivity contribution in [2.75, 3.05) is 18.8 Å². The van der Waals surface area contributed by atoms with Gasteiger partial charge in [0, 0.05) is 22.6 Å². The van der Waals surface area contributed by atoms with Crippen LogP contribution in [0.1, 0.15) is 30.2 Å². The minimum absolute atomic E-state index is 0.230. The van der Waals surface area contributed by atoms with Crippen LogP contribution in [-0.4, -0.2) is 23.0 Å². The van der Waals surface area contributed by atoms with Crippen molar-refractivity contribution < 1.29 is 0 Å². The highest BCUT2D eigenvalue weighted by molar-refractivity contribution is 7.15. The Hall–Kier alpha value is -1.10. The minimum atomic E-state index is 0.230. The first-order chi connectivity index (χ1) is 10.0. The summed E-state index contributed by atoms with van der Waals surface area (Å²) in [7, 11) is 0. The van der Waals surface area contributed by atoms with Crippen molar-refractivity contribution >= 4 is 28.1 Å². The Labute approximate surface area is 134 Å². The number of anilines is 1. The molecule has 3 rings (SSSR count). The second-order valence-electron chi connectivity index (χ2n) is 6.01. The number of halogens is 1. The number of benzene rings is 1. The van der Waals surface area contributed by atoms with Gasteiger partial charge in [0.2, 0.25) is 0 Å². The number of nitrogens with two attached hydrogens (primary N) is 1. The van der Waals surface area contributed by atoms with Gasteiger partial charge in [-0.2, -0.15) is 0 Å². The van der Waals surface area contributed by atoms with Crippen LogP contribution in [0.15, 0.2) is 30.5 Å². The smallest absolute Gasteiger partial charge is 0.180 e. The van der Waals surface area contributed by atoms with Crippen LogP contribution in [0, 0.1) is 0 Å². The van der Waals surface area contributed by atoms with Gasteiger partial charge in [0.05, 0.1) is 0 Å². The second-order valence-corrected chi connectivity index (χ2v) is 7.60. The number of nitrogens with zero attached hydrogens (tertiary/aromatic N) is 2. The maximum absolute atomic E-state index is 6.14. The summed E-state index contributed by atoms with van der Waals surface area (Å²) in [6.07, 6.45) is 4.20. The van der Waals surface area contributed by atoms with Crippen molar-refractivity contribution in [1.29, 1.82) is 0 Å². The lowest BCUT2D eigenvalue weighted by Gasteiger charge is -2.39.